The number of halogens is 2. The Morgan fingerprint density at radius 1 is 1.25 bits per heavy atom. The third-order valence-electron chi connectivity index (χ3n) is 3.08. The molecule has 3 aromatic rings. The summed E-state index contributed by atoms with van der Waals surface area (Å²) in [5, 5.41) is 12.1. The average molecular weight is 424 g/mol. The molecule has 0 spiro atoms. The van der Waals surface area contributed by atoms with Crippen molar-refractivity contribution < 1.29 is 4.79 Å². The Morgan fingerprint density at radius 2 is 2.08 bits per heavy atom. The first-order valence-electron chi connectivity index (χ1n) is 6.96. The minimum Gasteiger partial charge on any atom is -0.324 e. The quantitative estimate of drug-likeness (QED) is 0.617. The number of para-hydroxylation sites is 1. The van der Waals surface area contributed by atoms with Crippen molar-refractivity contribution in [3.8, 4) is 5.69 Å². The van der Waals surface area contributed by atoms with Crippen molar-refractivity contribution in [2.24, 2.45) is 0 Å². The van der Waals surface area contributed by atoms with Gasteiger partial charge in [-0.25, -0.2) is 0 Å². The van der Waals surface area contributed by atoms with E-state index in [4.69, 9.17) is 11.6 Å². The molecule has 24 heavy (non-hydrogen) atoms. The number of rotatable bonds is 5. The number of carbonyl (C=O) groups excluding carboxylic acids is 1. The van der Waals surface area contributed by atoms with E-state index in [1.54, 1.807) is 17.0 Å². The molecule has 0 aliphatic rings. The van der Waals surface area contributed by atoms with Crippen LogP contribution >= 0.6 is 39.3 Å². The molecule has 2 aromatic carbocycles. The lowest BCUT2D eigenvalue weighted by Gasteiger charge is -2.08. The molecule has 3 rings (SSSR count). The van der Waals surface area contributed by atoms with Crippen LogP contribution in [0.25, 0.3) is 5.69 Å². The SMILES string of the molecule is O=C(CSc1nncn1-c1cccc(Cl)c1)Nc1ccccc1Br. The minimum atomic E-state index is -0.118. The van der Waals surface area contributed by atoms with Gasteiger partial charge in [-0.05, 0) is 46.3 Å². The molecule has 0 unspecified atom stereocenters. The molecule has 1 amide bonds. The fourth-order valence-corrected chi connectivity index (χ4v) is 3.30. The minimum absolute atomic E-state index is 0.118. The second kappa shape index (κ2) is 7.83. The topological polar surface area (TPSA) is 59.8 Å². The summed E-state index contributed by atoms with van der Waals surface area (Å²) < 4.78 is 2.63. The number of nitrogens with one attached hydrogen (secondary N) is 1. The fraction of sp³-hybridized carbons (Fsp3) is 0.0625. The van der Waals surface area contributed by atoms with E-state index in [-0.39, 0.29) is 11.7 Å². The van der Waals surface area contributed by atoms with Gasteiger partial charge in [0.25, 0.3) is 0 Å². The number of aromatic nitrogens is 3. The predicted molar refractivity (Wildman–Crippen MR) is 99.9 cm³/mol. The highest BCUT2D eigenvalue weighted by molar-refractivity contribution is 9.10. The van der Waals surface area contributed by atoms with Gasteiger partial charge in [0.15, 0.2) is 5.16 Å². The van der Waals surface area contributed by atoms with Crippen molar-refractivity contribution in [2.75, 3.05) is 11.1 Å². The lowest BCUT2D eigenvalue weighted by molar-refractivity contribution is -0.113. The average Bonchev–Trinajstić information content (AvgIpc) is 3.04. The maximum atomic E-state index is 12.1. The number of anilines is 1. The number of carbonyl (C=O) groups is 1. The van der Waals surface area contributed by atoms with Crippen molar-refractivity contribution in [1.82, 2.24) is 14.8 Å². The number of benzene rings is 2. The number of thioether (sulfide) groups is 1. The summed E-state index contributed by atoms with van der Waals surface area (Å²) in [4.78, 5) is 12.1. The van der Waals surface area contributed by atoms with Crippen molar-refractivity contribution in [3.63, 3.8) is 0 Å². The monoisotopic (exact) mass is 422 g/mol. The number of amides is 1. The molecule has 5 nitrogen and oxygen atoms in total. The smallest absolute Gasteiger partial charge is 0.234 e. The van der Waals surface area contributed by atoms with Gasteiger partial charge in [-0.1, -0.05) is 41.6 Å². The number of hydrogen-bond donors (Lipinski definition) is 1. The zero-order valence-electron chi connectivity index (χ0n) is 12.3. The summed E-state index contributed by atoms with van der Waals surface area (Å²) in [5.74, 6) is 0.105. The highest BCUT2D eigenvalue weighted by Gasteiger charge is 2.11. The molecular formula is C16H12BrClN4OS. The van der Waals surface area contributed by atoms with Crippen molar-refractivity contribution >= 4 is 50.9 Å². The first kappa shape index (κ1) is 17.0. The molecule has 0 aliphatic heterocycles. The van der Waals surface area contributed by atoms with Gasteiger partial charge in [-0.3, -0.25) is 9.36 Å². The van der Waals surface area contributed by atoms with Crippen LogP contribution in [0.3, 0.4) is 0 Å². The Hall–Kier alpha value is -1.83. The first-order chi connectivity index (χ1) is 11.6. The zero-order valence-corrected chi connectivity index (χ0v) is 15.5. The van der Waals surface area contributed by atoms with E-state index in [1.807, 2.05) is 42.5 Å². The normalized spacial score (nSPS) is 10.6. The Labute approximate surface area is 156 Å². The van der Waals surface area contributed by atoms with Crippen LogP contribution in [-0.2, 0) is 4.79 Å². The van der Waals surface area contributed by atoms with Crippen LogP contribution in [0.15, 0.2) is 64.5 Å². The van der Waals surface area contributed by atoms with Gasteiger partial charge in [-0.15, -0.1) is 10.2 Å². The van der Waals surface area contributed by atoms with Crippen LogP contribution in [0.4, 0.5) is 5.69 Å². The number of nitrogens with zero attached hydrogens (tertiary/aromatic N) is 3. The molecule has 0 atom stereocenters. The maximum Gasteiger partial charge on any atom is 0.234 e. The summed E-state index contributed by atoms with van der Waals surface area (Å²) in [6.45, 7) is 0. The molecule has 0 bridgehead atoms. The van der Waals surface area contributed by atoms with Crippen LogP contribution in [0, 0.1) is 0 Å². The van der Waals surface area contributed by atoms with Gasteiger partial charge >= 0.3 is 0 Å². The van der Waals surface area contributed by atoms with E-state index in [9.17, 15) is 4.79 Å². The third-order valence-corrected chi connectivity index (χ3v) is 4.95. The Kier molecular flexibility index (Phi) is 5.55. The standard InChI is InChI=1S/C16H12BrClN4OS/c17-13-6-1-2-7-14(13)20-15(23)9-24-16-21-19-10-22(16)12-5-3-4-11(18)8-12/h1-8,10H,9H2,(H,20,23). The van der Waals surface area contributed by atoms with Crippen LogP contribution < -0.4 is 5.32 Å². The molecule has 1 N–H and O–H groups in total. The molecule has 0 saturated heterocycles. The molecule has 1 heterocycles. The van der Waals surface area contributed by atoms with E-state index in [1.165, 1.54) is 11.8 Å². The van der Waals surface area contributed by atoms with Gasteiger partial charge in [0.1, 0.15) is 6.33 Å². The molecular weight excluding hydrogens is 412 g/mol. The molecule has 8 heteroatoms. The van der Waals surface area contributed by atoms with Crippen molar-refractivity contribution in [1.29, 1.82) is 0 Å². The van der Waals surface area contributed by atoms with Crippen LogP contribution in [0.2, 0.25) is 5.02 Å². The van der Waals surface area contributed by atoms with Crippen molar-refractivity contribution in [3.05, 3.63) is 64.4 Å². The summed E-state index contributed by atoms with van der Waals surface area (Å²) in [6, 6.07) is 14.8. The van der Waals surface area contributed by atoms with E-state index in [0.717, 1.165) is 15.8 Å². The maximum absolute atomic E-state index is 12.1. The lowest BCUT2D eigenvalue weighted by Crippen LogP contribution is -2.14. The number of hydrogen-bond acceptors (Lipinski definition) is 4. The van der Waals surface area contributed by atoms with Gasteiger partial charge in [0.05, 0.1) is 17.1 Å². The van der Waals surface area contributed by atoms with E-state index >= 15 is 0 Å². The zero-order chi connectivity index (χ0) is 16.9. The van der Waals surface area contributed by atoms with Crippen molar-refractivity contribution in [2.45, 2.75) is 5.16 Å². The largest absolute Gasteiger partial charge is 0.324 e. The fourth-order valence-electron chi connectivity index (χ4n) is 2.00. The van der Waals surface area contributed by atoms with Crippen LogP contribution in [-0.4, -0.2) is 26.4 Å². The second-order valence-electron chi connectivity index (χ2n) is 4.78. The van der Waals surface area contributed by atoms with E-state index in [0.29, 0.717) is 10.2 Å². The Balaban J connectivity index is 1.67. The lowest BCUT2D eigenvalue weighted by atomic mass is 10.3. The third kappa shape index (κ3) is 4.17. The first-order valence-corrected chi connectivity index (χ1v) is 9.12. The summed E-state index contributed by atoms with van der Waals surface area (Å²) in [5.41, 5.74) is 1.58. The molecule has 122 valence electrons. The van der Waals surface area contributed by atoms with Gasteiger partial charge < -0.3 is 5.32 Å². The molecule has 0 fully saturated rings. The van der Waals surface area contributed by atoms with Gasteiger partial charge in [-0.2, -0.15) is 0 Å². The van der Waals surface area contributed by atoms with E-state index < -0.39 is 0 Å². The molecule has 0 radical (unpaired) electrons. The highest BCUT2D eigenvalue weighted by atomic mass is 79.9. The molecule has 0 aliphatic carbocycles. The highest BCUT2D eigenvalue weighted by Crippen LogP contribution is 2.24. The second-order valence-corrected chi connectivity index (χ2v) is 7.01. The van der Waals surface area contributed by atoms with Crippen LogP contribution in [0.1, 0.15) is 0 Å². The summed E-state index contributed by atoms with van der Waals surface area (Å²) >= 11 is 10.7. The van der Waals surface area contributed by atoms with Gasteiger partial charge in [0, 0.05) is 9.50 Å². The Morgan fingerprint density at radius 3 is 2.88 bits per heavy atom. The molecule has 1 aromatic heterocycles. The molecule has 0 saturated carbocycles. The van der Waals surface area contributed by atoms with Gasteiger partial charge in [0.2, 0.25) is 5.91 Å². The Bertz CT molecular complexity index is 871. The van der Waals surface area contributed by atoms with E-state index in [2.05, 4.69) is 31.4 Å². The van der Waals surface area contributed by atoms with Crippen LogP contribution in [0.5, 0.6) is 0 Å². The summed E-state index contributed by atoms with van der Waals surface area (Å²) in [6.07, 6.45) is 1.60. The predicted octanol–water partition coefficient (Wildman–Crippen LogP) is 4.41. The summed E-state index contributed by atoms with van der Waals surface area (Å²) in [7, 11) is 0.